The van der Waals surface area contributed by atoms with Gasteiger partial charge in [-0.15, -0.1) is 0 Å². The zero-order chi connectivity index (χ0) is 14.2. The number of hydrogen-bond acceptors (Lipinski definition) is 2. The smallest absolute Gasteiger partial charge is 0.121 e. The van der Waals surface area contributed by atoms with Gasteiger partial charge in [0.15, 0.2) is 0 Å². The lowest BCUT2D eigenvalue weighted by Crippen LogP contribution is -2.06. The molecule has 2 aromatic carbocycles. The second-order valence-corrected chi connectivity index (χ2v) is 4.98. The second kappa shape index (κ2) is 7.59. The van der Waals surface area contributed by atoms with Gasteiger partial charge in [-0.3, -0.25) is 0 Å². The van der Waals surface area contributed by atoms with Crippen molar-refractivity contribution in [1.82, 2.24) is 0 Å². The summed E-state index contributed by atoms with van der Waals surface area (Å²) in [5.74, 6) is 0.938. The highest BCUT2D eigenvalue weighted by Gasteiger charge is 1.99. The van der Waals surface area contributed by atoms with E-state index in [1.165, 1.54) is 11.1 Å². The predicted molar refractivity (Wildman–Crippen MR) is 85.6 cm³/mol. The van der Waals surface area contributed by atoms with Crippen LogP contribution in [0.25, 0.3) is 0 Å². The van der Waals surface area contributed by atoms with Crippen molar-refractivity contribution in [2.75, 3.05) is 18.5 Å². The van der Waals surface area contributed by atoms with E-state index in [0.717, 1.165) is 37.4 Å². The molecule has 1 N–H and O–H groups in total. The second-order valence-electron chi connectivity index (χ2n) is 4.98. The van der Waals surface area contributed by atoms with Gasteiger partial charge in [0.05, 0.1) is 6.61 Å². The third-order valence-electron chi connectivity index (χ3n) is 3.29. The van der Waals surface area contributed by atoms with Gasteiger partial charge in [-0.1, -0.05) is 37.3 Å². The molecule has 20 heavy (non-hydrogen) atoms. The molecule has 0 aromatic heterocycles. The molecule has 0 fully saturated rings. The first-order chi connectivity index (χ1) is 9.79. The van der Waals surface area contributed by atoms with Gasteiger partial charge >= 0.3 is 0 Å². The molecule has 0 aliphatic heterocycles. The minimum absolute atomic E-state index is 0.770. The Hall–Kier alpha value is -1.96. The van der Waals surface area contributed by atoms with Crippen LogP contribution in [0.2, 0.25) is 0 Å². The molecule has 0 saturated heterocycles. The van der Waals surface area contributed by atoms with Crippen molar-refractivity contribution in [3.8, 4) is 5.75 Å². The van der Waals surface area contributed by atoms with Crippen LogP contribution >= 0.6 is 0 Å². The fraction of sp³-hybridized carbons (Fsp3) is 0.333. The molecule has 0 unspecified atom stereocenters. The quantitative estimate of drug-likeness (QED) is 0.802. The van der Waals surface area contributed by atoms with Crippen molar-refractivity contribution < 1.29 is 4.74 Å². The van der Waals surface area contributed by atoms with E-state index in [2.05, 4.69) is 55.6 Å². The average molecular weight is 269 g/mol. The summed E-state index contributed by atoms with van der Waals surface area (Å²) in [6, 6.07) is 16.7. The van der Waals surface area contributed by atoms with E-state index >= 15 is 0 Å². The molecule has 0 aliphatic carbocycles. The molecule has 0 saturated carbocycles. The summed E-state index contributed by atoms with van der Waals surface area (Å²) in [7, 11) is 0. The SMILES string of the molecule is CCCOc1cccc(NCCc2ccccc2C)c1. The minimum atomic E-state index is 0.770. The van der Waals surface area contributed by atoms with Gasteiger partial charge < -0.3 is 10.1 Å². The number of hydrogen-bond donors (Lipinski definition) is 1. The van der Waals surface area contributed by atoms with Crippen molar-refractivity contribution >= 4 is 5.69 Å². The highest BCUT2D eigenvalue weighted by molar-refractivity contribution is 5.48. The van der Waals surface area contributed by atoms with E-state index < -0.39 is 0 Å². The number of nitrogens with one attached hydrogen (secondary N) is 1. The summed E-state index contributed by atoms with van der Waals surface area (Å²) >= 11 is 0. The number of benzene rings is 2. The predicted octanol–water partition coefficient (Wildman–Crippen LogP) is 4.44. The van der Waals surface area contributed by atoms with Gasteiger partial charge in [0, 0.05) is 18.3 Å². The Kier molecular flexibility index (Phi) is 5.48. The Bertz CT molecular complexity index is 536. The van der Waals surface area contributed by atoms with E-state index in [9.17, 15) is 0 Å². The van der Waals surface area contributed by atoms with E-state index in [4.69, 9.17) is 4.74 Å². The molecule has 2 heteroatoms. The fourth-order valence-electron chi connectivity index (χ4n) is 2.15. The summed E-state index contributed by atoms with van der Waals surface area (Å²) in [4.78, 5) is 0. The molecule has 2 aromatic rings. The molecule has 0 bridgehead atoms. The highest BCUT2D eigenvalue weighted by Crippen LogP contribution is 2.17. The van der Waals surface area contributed by atoms with Crippen LogP contribution in [0.3, 0.4) is 0 Å². The minimum Gasteiger partial charge on any atom is -0.494 e. The van der Waals surface area contributed by atoms with Crippen LogP contribution in [-0.4, -0.2) is 13.2 Å². The fourth-order valence-corrected chi connectivity index (χ4v) is 2.15. The summed E-state index contributed by atoms with van der Waals surface area (Å²) in [6.07, 6.45) is 2.07. The first-order valence-electron chi connectivity index (χ1n) is 7.31. The Balaban J connectivity index is 1.86. The van der Waals surface area contributed by atoms with Gasteiger partial charge in [0.25, 0.3) is 0 Å². The van der Waals surface area contributed by atoms with Gasteiger partial charge in [0.2, 0.25) is 0 Å². The van der Waals surface area contributed by atoms with Crippen LogP contribution in [-0.2, 0) is 6.42 Å². The number of ether oxygens (including phenoxy) is 1. The molecule has 0 heterocycles. The van der Waals surface area contributed by atoms with E-state index in [1.54, 1.807) is 0 Å². The van der Waals surface area contributed by atoms with Crippen molar-refractivity contribution in [2.24, 2.45) is 0 Å². The molecule has 106 valence electrons. The third kappa shape index (κ3) is 4.30. The maximum atomic E-state index is 5.64. The molecule has 0 radical (unpaired) electrons. The Morgan fingerprint density at radius 1 is 1.05 bits per heavy atom. The van der Waals surface area contributed by atoms with E-state index in [-0.39, 0.29) is 0 Å². The van der Waals surface area contributed by atoms with E-state index in [0.29, 0.717) is 0 Å². The molecule has 0 aliphatic rings. The highest BCUT2D eigenvalue weighted by atomic mass is 16.5. The molecular weight excluding hydrogens is 246 g/mol. The maximum Gasteiger partial charge on any atom is 0.121 e. The van der Waals surface area contributed by atoms with Crippen LogP contribution < -0.4 is 10.1 Å². The first kappa shape index (κ1) is 14.4. The summed E-state index contributed by atoms with van der Waals surface area (Å²) in [6.45, 7) is 5.98. The van der Waals surface area contributed by atoms with Gasteiger partial charge in [-0.2, -0.15) is 0 Å². The molecular formula is C18H23NO. The lowest BCUT2D eigenvalue weighted by atomic mass is 10.1. The summed E-state index contributed by atoms with van der Waals surface area (Å²) < 4.78 is 5.64. The number of rotatable bonds is 7. The number of anilines is 1. The van der Waals surface area contributed by atoms with Crippen LogP contribution in [0.5, 0.6) is 5.75 Å². The lowest BCUT2D eigenvalue weighted by molar-refractivity contribution is 0.317. The zero-order valence-electron chi connectivity index (χ0n) is 12.4. The largest absolute Gasteiger partial charge is 0.494 e. The van der Waals surface area contributed by atoms with E-state index in [1.807, 2.05) is 12.1 Å². The van der Waals surface area contributed by atoms with Gasteiger partial charge in [0.1, 0.15) is 5.75 Å². The molecule has 2 nitrogen and oxygen atoms in total. The van der Waals surface area contributed by atoms with Crippen molar-refractivity contribution in [3.05, 3.63) is 59.7 Å². The zero-order valence-corrected chi connectivity index (χ0v) is 12.4. The van der Waals surface area contributed by atoms with Crippen LogP contribution in [0, 0.1) is 6.92 Å². The molecule has 2 rings (SSSR count). The molecule has 0 atom stereocenters. The summed E-state index contributed by atoms with van der Waals surface area (Å²) in [5, 5.41) is 3.46. The summed E-state index contributed by atoms with van der Waals surface area (Å²) in [5.41, 5.74) is 3.87. The van der Waals surface area contributed by atoms with Crippen molar-refractivity contribution in [1.29, 1.82) is 0 Å². The molecule has 0 amide bonds. The normalized spacial score (nSPS) is 10.3. The van der Waals surface area contributed by atoms with Gasteiger partial charge in [-0.05, 0) is 43.0 Å². The number of aryl methyl sites for hydroxylation is 1. The standard InChI is InChI=1S/C18H23NO/c1-3-13-20-18-10-6-9-17(14-18)19-12-11-16-8-5-4-7-15(16)2/h4-10,14,19H,3,11-13H2,1-2H3. The lowest BCUT2D eigenvalue weighted by Gasteiger charge is -2.10. The van der Waals surface area contributed by atoms with Crippen LogP contribution in [0.15, 0.2) is 48.5 Å². The first-order valence-corrected chi connectivity index (χ1v) is 7.31. The van der Waals surface area contributed by atoms with Crippen molar-refractivity contribution in [2.45, 2.75) is 26.7 Å². The molecule has 0 spiro atoms. The van der Waals surface area contributed by atoms with Crippen LogP contribution in [0.4, 0.5) is 5.69 Å². The van der Waals surface area contributed by atoms with Crippen LogP contribution in [0.1, 0.15) is 24.5 Å². The Morgan fingerprint density at radius 3 is 2.70 bits per heavy atom. The average Bonchev–Trinajstić information content (AvgIpc) is 2.48. The maximum absolute atomic E-state index is 5.64. The Labute approximate surface area is 121 Å². The Morgan fingerprint density at radius 2 is 1.90 bits per heavy atom. The third-order valence-corrected chi connectivity index (χ3v) is 3.29. The van der Waals surface area contributed by atoms with Crippen molar-refractivity contribution in [3.63, 3.8) is 0 Å². The monoisotopic (exact) mass is 269 g/mol. The van der Waals surface area contributed by atoms with Gasteiger partial charge in [-0.25, -0.2) is 0 Å². The topological polar surface area (TPSA) is 21.3 Å².